The van der Waals surface area contributed by atoms with Gasteiger partial charge in [0, 0.05) is 28.7 Å². The Kier molecular flexibility index (Phi) is 6.58. The number of ketones is 1. The van der Waals surface area contributed by atoms with Crippen LogP contribution in [0.4, 0.5) is 4.39 Å². The zero-order valence-corrected chi connectivity index (χ0v) is 20.7. The number of benzene rings is 3. The average Bonchev–Trinajstić information content (AvgIpc) is 3.41. The van der Waals surface area contributed by atoms with E-state index in [1.54, 1.807) is 25.1 Å². The van der Waals surface area contributed by atoms with Crippen molar-refractivity contribution in [1.82, 2.24) is 4.90 Å². The van der Waals surface area contributed by atoms with Crippen molar-refractivity contribution in [1.29, 1.82) is 0 Å². The molecule has 1 aliphatic heterocycles. The van der Waals surface area contributed by atoms with E-state index < -0.39 is 0 Å². The fourth-order valence-electron chi connectivity index (χ4n) is 4.68. The van der Waals surface area contributed by atoms with Gasteiger partial charge in [0.1, 0.15) is 22.2 Å². The highest BCUT2D eigenvalue weighted by Crippen LogP contribution is 2.43. The largest absolute Gasteiger partial charge is 0.508 e. The number of fused-ring (bicyclic) bond motifs is 1. The SMILES string of the molecule is Cc1cc(F)ccc1C(=O)c1sc2cc(O)ccc2c1Oc1ccc(CCN2CCC(C)C2)cc1. The first-order valence-corrected chi connectivity index (χ1v) is 12.7. The molecule has 1 aliphatic rings. The molecule has 35 heavy (non-hydrogen) atoms. The minimum atomic E-state index is -0.379. The van der Waals surface area contributed by atoms with E-state index in [-0.39, 0.29) is 17.3 Å². The molecule has 5 rings (SSSR count). The molecule has 3 aromatic carbocycles. The number of ether oxygens (including phenoxy) is 1. The van der Waals surface area contributed by atoms with Crippen molar-refractivity contribution in [3.05, 3.63) is 88.0 Å². The zero-order valence-electron chi connectivity index (χ0n) is 19.9. The second kappa shape index (κ2) is 9.80. The normalized spacial score (nSPS) is 16.1. The third kappa shape index (κ3) is 5.09. The predicted octanol–water partition coefficient (Wildman–Crippen LogP) is 6.96. The Bertz CT molecular complexity index is 1380. The van der Waals surface area contributed by atoms with Gasteiger partial charge in [0.15, 0.2) is 5.75 Å². The number of thiophene rings is 1. The van der Waals surface area contributed by atoms with Gasteiger partial charge >= 0.3 is 0 Å². The van der Waals surface area contributed by atoms with Crippen molar-refractivity contribution in [2.24, 2.45) is 5.92 Å². The first-order chi connectivity index (χ1) is 16.9. The van der Waals surface area contributed by atoms with E-state index in [1.165, 1.54) is 54.6 Å². The molecule has 180 valence electrons. The summed E-state index contributed by atoms with van der Waals surface area (Å²) >= 11 is 1.26. The summed E-state index contributed by atoms with van der Waals surface area (Å²) in [5.74, 6) is 1.40. The number of phenolic OH excluding ortho intramolecular Hbond substituents is 1. The lowest BCUT2D eigenvalue weighted by Crippen LogP contribution is -2.22. The third-order valence-electron chi connectivity index (χ3n) is 6.64. The van der Waals surface area contributed by atoms with Gasteiger partial charge in [-0.2, -0.15) is 0 Å². The molecule has 1 atom stereocenters. The summed E-state index contributed by atoms with van der Waals surface area (Å²) in [6.45, 7) is 7.42. The maximum absolute atomic E-state index is 13.6. The number of hydrogen-bond donors (Lipinski definition) is 1. The summed E-state index contributed by atoms with van der Waals surface area (Å²) in [6.07, 6.45) is 2.26. The van der Waals surface area contributed by atoms with Crippen LogP contribution >= 0.6 is 11.3 Å². The molecule has 0 aliphatic carbocycles. The van der Waals surface area contributed by atoms with Crippen molar-refractivity contribution >= 4 is 27.2 Å². The van der Waals surface area contributed by atoms with Crippen LogP contribution in [0.2, 0.25) is 0 Å². The lowest BCUT2D eigenvalue weighted by Gasteiger charge is -2.15. The van der Waals surface area contributed by atoms with Crippen molar-refractivity contribution in [2.45, 2.75) is 26.7 Å². The van der Waals surface area contributed by atoms with E-state index >= 15 is 0 Å². The quantitative estimate of drug-likeness (QED) is 0.285. The van der Waals surface area contributed by atoms with Crippen LogP contribution in [0.15, 0.2) is 60.7 Å². The van der Waals surface area contributed by atoms with Gasteiger partial charge in [0.05, 0.1) is 0 Å². The molecule has 1 fully saturated rings. The molecule has 0 amide bonds. The Hall–Kier alpha value is -3.22. The minimum absolute atomic E-state index is 0.124. The zero-order chi connectivity index (χ0) is 24.5. The summed E-state index contributed by atoms with van der Waals surface area (Å²) in [6, 6.07) is 17.1. The highest BCUT2D eigenvalue weighted by atomic mass is 32.1. The first kappa shape index (κ1) is 23.5. The Morgan fingerprint density at radius 1 is 1.14 bits per heavy atom. The molecule has 0 radical (unpaired) electrons. The van der Waals surface area contributed by atoms with E-state index in [1.807, 2.05) is 12.1 Å². The molecule has 6 heteroatoms. The molecule has 0 spiro atoms. The third-order valence-corrected chi connectivity index (χ3v) is 7.77. The maximum Gasteiger partial charge on any atom is 0.207 e. The molecule has 4 aromatic rings. The maximum atomic E-state index is 13.6. The Labute approximate surface area is 208 Å². The van der Waals surface area contributed by atoms with Crippen molar-refractivity contribution in [3.63, 3.8) is 0 Å². The van der Waals surface area contributed by atoms with Crippen molar-refractivity contribution in [2.75, 3.05) is 19.6 Å². The summed E-state index contributed by atoms with van der Waals surface area (Å²) in [5, 5.41) is 10.7. The van der Waals surface area contributed by atoms with E-state index in [4.69, 9.17) is 4.74 Å². The topological polar surface area (TPSA) is 49.8 Å². The predicted molar refractivity (Wildman–Crippen MR) is 139 cm³/mol. The number of carbonyl (C=O) groups excluding carboxylic acids is 1. The summed E-state index contributed by atoms with van der Waals surface area (Å²) in [7, 11) is 0. The number of nitrogens with zero attached hydrogens (tertiary/aromatic N) is 1. The Balaban J connectivity index is 1.41. The number of rotatable bonds is 7. The molecule has 1 N–H and O–H groups in total. The van der Waals surface area contributed by atoms with Crippen molar-refractivity contribution in [3.8, 4) is 17.2 Å². The van der Waals surface area contributed by atoms with Crippen LogP contribution in [0.3, 0.4) is 0 Å². The molecular weight excluding hydrogens is 461 g/mol. The molecular formula is C29H28FNO3S. The molecule has 0 saturated carbocycles. The van der Waals surface area contributed by atoms with Crippen LogP contribution in [0.25, 0.3) is 10.1 Å². The number of hydrogen-bond acceptors (Lipinski definition) is 5. The number of halogens is 1. The fourth-order valence-corrected chi connectivity index (χ4v) is 5.79. The van der Waals surface area contributed by atoms with Crippen LogP contribution < -0.4 is 4.74 Å². The standard InChI is InChI=1S/C29H28FNO3S/c1-18-11-13-31(17-18)14-12-20-3-7-23(8-4-20)34-28-25-10-6-22(32)16-26(25)35-29(28)27(33)24-9-5-21(30)15-19(24)2/h3-10,15-16,18,32H,11-14,17H2,1-2H3. The van der Waals surface area contributed by atoms with Crippen LogP contribution in [0.1, 0.15) is 39.7 Å². The van der Waals surface area contributed by atoms with E-state index in [9.17, 15) is 14.3 Å². The number of likely N-dealkylation sites (tertiary alicyclic amines) is 1. The molecule has 1 saturated heterocycles. The molecule has 4 nitrogen and oxygen atoms in total. The molecule has 0 bridgehead atoms. The van der Waals surface area contributed by atoms with E-state index in [0.29, 0.717) is 27.5 Å². The molecule has 1 aromatic heterocycles. The number of phenols is 1. The van der Waals surface area contributed by atoms with Gasteiger partial charge in [-0.1, -0.05) is 19.1 Å². The highest BCUT2D eigenvalue weighted by Gasteiger charge is 2.24. The van der Waals surface area contributed by atoms with Crippen molar-refractivity contribution < 1.29 is 19.0 Å². The number of aryl methyl sites for hydroxylation is 1. The highest BCUT2D eigenvalue weighted by molar-refractivity contribution is 7.21. The lowest BCUT2D eigenvalue weighted by atomic mass is 10.0. The van der Waals surface area contributed by atoms with Gasteiger partial charge < -0.3 is 14.7 Å². The van der Waals surface area contributed by atoms with Gasteiger partial charge in [-0.15, -0.1) is 11.3 Å². The fraction of sp³-hybridized carbons (Fsp3) is 0.276. The van der Waals surface area contributed by atoms with E-state index in [2.05, 4.69) is 24.0 Å². The summed E-state index contributed by atoms with van der Waals surface area (Å²) < 4.78 is 20.6. The van der Waals surface area contributed by atoms with E-state index in [0.717, 1.165) is 29.0 Å². The van der Waals surface area contributed by atoms with Gasteiger partial charge in [-0.3, -0.25) is 4.79 Å². The summed E-state index contributed by atoms with van der Waals surface area (Å²) in [5.41, 5.74) is 2.24. The molecule has 2 heterocycles. The van der Waals surface area contributed by atoms with Crippen LogP contribution in [-0.2, 0) is 6.42 Å². The Morgan fingerprint density at radius 3 is 2.66 bits per heavy atom. The number of aromatic hydroxyl groups is 1. The second-order valence-corrected chi connectivity index (χ2v) is 10.5. The lowest BCUT2D eigenvalue weighted by molar-refractivity contribution is 0.104. The van der Waals surface area contributed by atoms with Crippen LogP contribution in [0, 0.1) is 18.7 Å². The smallest absolute Gasteiger partial charge is 0.207 e. The summed E-state index contributed by atoms with van der Waals surface area (Å²) in [4.78, 5) is 16.4. The van der Waals surface area contributed by atoms with Gasteiger partial charge in [0.25, 0.3) is 0 Å². The van der Waals surface area contributed by atoms with Gasteiger partial charge in [0.2, 0.25) is 5.78 Å². The second-order valence-electron chi connectivity index (χ2n) is 9.42. The van der Waals surface area contributed by atoms with Crippen LogP contribution in [-0.4, -0.2) is 35.4 Å². The average molecular weight is 490 g/mol. The van der Waals surface area contributed by atoms with Gasteiger partial charge in [-0.25, -0.2) is 4.39 Å². The Morgan fingerprint density at radius 2 is 1.94 bits per heavy atom. The molecule has 1 unspecified atom stereocenters. The van der Waals surface area contributed by atoms with Crippen LogP contribution in [0.5, 0.6) is 17.2 Å². The number of carbonyl (C=O) groups is 1. The van der Waals surface area contributed by atoms with Gasteiger partial charge in [-0.05, 0) is 91.9 Å². The first-order valence-electron chi connectivity index (χ1n) is 11.9. The monoisotopic (exact) mass is 489 g/mol. The minimum Gasteiger partial charge on any atom is -0.508 e.